The second-order valence-electron chi connectivity index (χ2n) is 7.94. The van der Waals surface area contributed by atoms with Crippen LogP contribution in [0, 0.1) is 11.7 Å². The summed E-state index contributed by atoms with van der Waals surface area (Å²) in [6, 6.07) is 3.00. The predicted molar refractivity (Wildman–Crippen MR) is 111 cm³/mol. The van der Waals surface area contributed by atoms with Gasteiger partial charge >= 0.3 is 0 Å². The molecule has 0 aliphatic carbocycles. The molecule has 29 heavy (non-hydrogen) atoms. The topological polar surface area (TPSA) is 67.4 Å². The molecule has 1 unspecified atom stereocenters. The van der Waals surface area contributed by atoms with Gasteiger partial charge in [-0.25, -0.2) is 4.39 Å². The van der Waals surface area contributed by atoms with Crippen molar-refractivity contribution in [1.82, 2.24) is 15.5 Å². The van der Waals surface area contributed by atoms with Crippen molar-refractivity contribution in [3.63, 3.8) is 0 Å². The summed E-state index contributed by atoms with van der Waals surface area (Å²) in [7, 11) is 1.74. The minimum absolute atomic E-state index is 0.143. The van der Waals surface area contributed by atoms with Gasteiger partial charge in [-0.15, -0.1) is 0 Å². The van der Waals surface area contributed by atoms with Gasteiger partial charge in [0.2, 0.25) is 0 Å². The summed E-state index contributed by atoms with van der Waals surface area (Å²) in [5, 5.41) is 6.62. The lowest BCUT2D eigenvalue weighted by Gasteiger charge is -2.34. The van der Waals surface area contributed by atoms with Crippen molar-refractivity contribution in [3.05, 3.63) is 29.1 Å². The van der Waals surface area contributed by atoms with E-state index < -0.39 is 0 Å². The molecule has 3 rings (SSSR count). The Hall–Kier alpha value is -1.90. The van der Waals surface area contributed by atoms with Crippen molar-refractivity contribution < 1.29 is 18.6 Å². The molecular formula is C21H33FN4O3. The van der Waals surface area contributed by atoms with Crippen LogP contribution in [0.3, 0.4) is 0 Å². The molecule has 0 aromatic heterocycles. The molecule has 162 valence electrons. The molecule has 1 aromatic carbocycles. The highest BCUT2D eigenvalue weighted by Gasteiger charge is 2.21. The maximum absolute atomic E-state index is 13.9. The normalized spacial score (nSPS) is 20.3. The number of ether oxygens (including phenoxy) is 3. The van der Waals surface area contributed by atoms with Crippen LogP contribution in [0.1, 0.15) is 25.0 Å². The van der Waals surface area contributed by atoms with E-state index in [1.54, 1.807) is 7.05 Å². The van der Waals surface area contributed by atoms with Crippen molar-refractivity contribution >= 4 is 5.96 Å². The van der Waals surface area contributed by atoms with E-state index in [1.807, 2.05) is 0 Å². The van der Waals surface area contributed by atoms with Crippen LogP contribution in [0.5, 0.6) is 5.75 Å². The van der Waals surface area contributed by atoms with Crippen molar-refractivity contribution in [2.45, 2.75) is 33.0 Å². The number of halogens is 1. The molecule has 2 heterocycles. The number of hydrogen-bond donors (Lipinski definition) is 2. The van der Waals surface area contributed by atoms with Crippen LogP contribution in [0.2, 0.25) is 0 Å². The summed E-state index contributed by atoms with van der Waals surface area (Å²) in [5.74, 6) is 1.84. The SMILES string of the molecule is CN=C(NCCc1cc(F)cc2c1OCOC2)NCC1CN(CC(C)C)CCO1. The van der Waals surface area contributed by atoms with Crippen LogP contribution in [-0.2, 0) is 22.5 Å². The second-order valence-corrected chi connectivity index (χ2v) is 7.94. The molecule has 2 N–H and O–H groups in total. The fourth-order valence-corrected chi connectivity index (χ4v) is 3.78. The fourth-order valence-electron chi connectivity index (χ4n) is 3.78. The Morgan fingerprint density at radius 3 is 3.00 bits per heavy atom. The molecule has 1 atom stereocenters. The number of nitrogens with one attached hydrogen (secondary N) is 2. The highest BCUT2D eigenvalue weighted by Crippen LogP contribution is 2.29. The number of aliphatic imine (C=N–C) groups is 1. The molecule has 8 heteroatoms. The lowest BCUT2D eigenvalue weighted by atomic mass is 10.1. The summed E-state index contributed by atoms with van der Waals surface area (Å²) < 4.78 is 30.5. The fraction of sp³-hybridized carbons (Fsp3) is 0.667. The van der Waals surface area contributed by atoms with Crippen molar-refractivity contribution in [3.8, 4) is 5.75 Å². The van der Waals surface area contributed by atoms with E-state index in [-0.39, 0.29) is 18.7 Å². The van der Waals surface area contributed by atoms with Gasteiger partial charge in [0.15, 0.2) is 12.8 Å². The molecule has 0 spiro atoms. The highest BCUT2D eigenvalue weighted by molar-refractivity contribution is 5.79. The van der Waals surface area contributed by atoms with Gasteiger partial charge in [-0.3, -0.25) is 9.89 Å². The van der Waals surface area contributed by atoms with Gasteiger partial charge in [0, 0.05) is 45.3 Å². The Labute approximate surface area is 172 Å². The zero-order valence-electron chi connectivity index (χ0n) is 17.7. The number of nitrogens with zero attached hydrogens (tertiary/aromatic N) is 2. The molecule has 0 saturated carbocycles. The summed E-state index contributed by atoms with van der Waals surface area (Å²) >= 11 is 0. The number of guanidine groups is 1. The van der Waals surface area contributed by atoms with E-state index in [2.05, 4.69) is 34.4 Å². The third-order valence-corrected chi connectivity index (χ3v) is 5.01. The van der Waals surface area contributed by atoms with Crippen LogP contribution in [0.25, 0.3) is 0 Å². The molecule has 7 nitrogen and oxygen atoms in total. The van der Waals surface area contributed by atoms with E-state index in [4.69, 9.17) is 14.2 Å². The molecule has 0 bridgehead atoms. The first-order valence-electron chi connectivity index (χ1n) is 10.4. The monoisotopic (exact) mass is 408 g/mol. The smallest absolute Gasteiger partial charge is 0.191 e. The average molecular weight is 409 g/mol. The first-order chi connectivity index (χ1) is 14.0. The Morgan fingerprint density at radius 2 is 2.21 bits per heavy atom. The first kappa shape index (κ1) is 21.8. The van der Waals surface area contributed by atoms with Crippen LogP contribution in [0.15, 0.2) is 17.1 Å². The van der Waals surface area contributed by atoms with Gasteiger partial charge in [-0.2, -0.15) is 0 Å². The quantitative estimate of drug-likeness (QED) is 0.529. The highest BCUT2D eigenvalue weighted by atomic mass is 19.1. The van der Waals surface area contributed by atoms with Crippen molar-refractivity contribution in [1.29, 1.82) is 0 Å². The van der Waals surface area contributed by atoms with E-state index in [9.17, 15) is 4.39 Å². The number of benzene rings is 1. The van der Waals surface area contributed by atoms with Gasteiger partial charge in [0.05, 0.1) is 19.3 Å². The summed E-state index contributed by atoms with van der Waals surface area (Å²) in [4.78, 5) is 6.73. The second kappa shape index (κ2) is 10.8. The third-order valence-electron chi connectivity index (χ3n) is 5.01. The number of hydrogen-bond acceptors (Lipinski definition) is 5. The first-order valence-corrected chi connectivity index (χ1v) is 10.4. The van der Waals surface area contributed by atoms with Gasteiger partial charge < -0.3 is 24.8 Å². The maximum Gasteiger partial charge on any atom is 0.191 e. The molecule has 1 aromatic rings. The van der Waals surface area contributed by atoms with E-state index in [1.165, 1.54) is 12.1 Å². The lowest BCUT2D eigenvalue weighted by Crippen LogP contribution is -2.50. The summed E-state index contributed by atoms with van der Waals surface area (Å²) in [6.07, 6.45) is 0.771. The Kier molecular flexibility index (Phi) is 8.09. The average Bonchev–Trinajstić information content (AvgIpc) is 2.70. The Balaban J connectivity index is 1.45. The molecule has 1 fully saturated rings. The van der Waals surface area contributed by atoms with Crippen LogP contribution in [0.4, 0.5) is 4.39 Å². The van der Waals surface area contributed by atoms with E-state index in [0.29, 0.717) is 38.0 Å². The molecule has 1 saturated heterocycles. The standard InChI is InChI=1S/C21H33FN4O3/c1-15(2)11-26-6-7-28-19(12-26)10-25-21(23-3)24-5-4-16-8-18(22)9-17-13-27-14-29-20(16)17/h8-9,15,19H,4-7,10-14H2,1-3H3,(H2,23,24,25). The van der Waals surface area contributed by atoms with Crippen molar-refractivity contribution in [2.24, 2.45) is 10.9 Å². The molecular weight excluding hydrogens is 375 g/mol. The zero-order chi connectivity index (χ0) is 20.6. The Morgan fingerprint density at radius 1 is 1.34 bits per heavy atom. The summed E-state index contributed by atoms with van der Waals surface area (Å²) in [5.41, 5.74) is 1.60. The summed E-state index contributed by atoms with van der Waals surface area (Å²) in [6.45, 7) is 10.2. The van der Waals surface area contributed by atoms with Gasteiger partial charge in [-0.05, 0) is 30.0 Å². The van der Waals surface area contributed by atoms with Gasteiger partial charge in [0.1, 0.15) is 11.6 Å². The zero-order valence-corrected chi connectivity index (χ0v) is 17.7. The number of fused-ring (bicyclic) bond motifs is 1. The van der Waals surface area contributed by atoms with Crippen LogP contribution < -0.4 is 15.4 Å². The van der Waals surface area contributed by atoms with Crippen LogP contribution in [-0.4, -0.2) is 70.1 Å². The van der Waals surface area contributed by atoms with Crippen molar-refractivity contribution in [2.75, 3.05) is 53.2 Å². The third kappa shape index (κ3) is 6.55. The van der Waals surface area contributed by atoms with E-state index >= 15 is 0 Å². The lowest BCUT2D eigenvalue weighted by molar-refractivity contribution is -0.0284. The van der Waals surface area contributed by atoms with Gasteiger partial charge in [0.25, 0.3) is 0 Å². The largest absolute Gasteiger partial charge is 0.467 e. The van der Waals surface area contributed by atoms with E-state index in [0.717, 1.165) is 43.1 Å². The van der Waals surface area contributed by atoms with Gasteiger partial charge in [-0.1, -0.05) is 13.8 Å². The molecule has 0 amide bonds. The predicted octanol–water partition coefficient (Wildman–Crippen LogP) is 1.76. The molecule has 0 radical (unpaired) electrons. The number of morpholine rings is 1. The minimum Gasteiger partial charge on any atom is -0.467 e. The minimum atomic E-state index is -0.268. The number of rotatable bonds is 7. The Bertz CT molecular complexity index is 699. The van der Waals surface area contributed by atoms with Crippen LogP contribution >= 0.6 is 0 Å². The maximum atomic E-state index is 13.9. The molecule has 2 aliphatic rings. The molecule has 2 aliphatic heterocycles.